The highest BCUT2D eigenvalue weighted by Gasteiger charge is 2.76. The highest BCUT2D eigenvalue weighted by Crippen LogP contribution is 2.63. The SMILES string of the molecule is CC(C)(C)OC(=O)NC1(C(=O)O)C(F)CC2C(C(=O)O)C21. The lowest BCUT2D eigenvalue weighted by molar-refractivity contribution is -0.149. The van der Waals surface area contributed by atoms with E-state index in [2.05, 4.69) is 5.32 Å². The molecule has 0 spiro atoms. The number of rotatable bonds is 3. The number of carboxylic acid groups (broad SMARTS) is 2. The summed E-state index contributed by atoms with van der Waals surface area (Å²) in [4.78, 5) is 34.4. The Hall–Kier alpha value is -1.86. The molecule has 0 saturated heterocycles. The van der Waals surface area contributed by atoms with E-state index in [-0.39, 0.29) is 6.42 Å². The maximum Gasteiger partial charge on any atom is 0.408 e. The van der Waals surface area contributed by atoms with Crippen LogP contribution in [0.15, 0.2) is 0 Å². The molecule has 1 amide bonds. The summed E-state index contributed by atoms with van der Waals surface area (Å²) >= 11 is 0. The summed E-state index contributed by atoms with van der Waals surface area (Å²) in [6.07, 6.45) is -3.10. The number of fused-ring (bicyclic) bond motifs is 1. The third-order valence-corrected chi connectivity index (χ3v) is 4.01. The van der Waals surface area contributed by atoms with Gasteiger partial charge in [-0.05, 0) is 33.1 Å². The van der Waals surface area contributed by atoms with Gasteiger partial charge in [0.05, 0.1) is 5.92 Å². The van der Waals surface area contributed by atoms with Gasteiger partial charge >= 0.3 is 18.0 Å². The molecule has 0 heterocycles. The molecule has 118 valence electrons. The van der Waals surface area contributed by atoms with Gasteiger partial charge in [-0.3, -0.25) is 4.79 Å². The Morgan fingerprint density at radius 1 is 1.29 bits per heavy atom. The molecule has 2 saturated carbocycles. The molecule has 0 bridgehead atoms. The number of carboxylic acids is 2. The molecule has 2 aliphatic rings. The smallest absolute Gasteiger partial charge is 0.408 e. The first-order valence-corrected chi connectivity index (χ1v) is 6.62. The van der Waals surface area contributed by atoms with Crippen LogP contribution in [0.25, 0.3) is 0 Å². The molecule has 0 aromatic rings. The van der Waals surface area contributed by atoms with Gasteiger partial charge in [-0.15, -0.1) is 0 Å². The fraction of sp³-hybridized carbons (Fsp3) is 0.769. The van der Waals surface area contributed by atoms with Crippen LogP contribution in [0.3, 0.4) is 0 Å². The van der Waals surface area contributed by atoms with Crippen LogP contribution >= 0.6 is 0 Å². The number of amides is 1. The molecule has 0 aromatic heterocycles. The molecule has 0 aromatic carbocycles. The molecule has 0 radical (unpaired) electrons. The number of hydrogen-bond acceptors (Lipinski definition) is 4. The summed E-state index contributed by atoms with van der Waals surface area (Å²) in [6, 6.07) is 0. The van der Waals surface area contributed by atoms with Gasteiger partial charge in [0.2, 0.25) is 0 Å². The average Bonchev–Trinajstić information content (AvgIpc) is 2.90. The van der Waals surface area contributed by atoms with Crippen LogP contribution in [0, 0.1) is 17.8 Å². The lowest BCUT2D eigenvalue weighted by Crippen LogP contribution is -2.62. The van der Waals surface area contributed by atoms with E-state index in [0.29, 0.717) is 0 Å². The number of alkyl halides is 1. The van der Waals surface area contributed by atoms with Crippen molar-refractivity contribution in [3.05, 3.63) is 0 Å². The molecule has 0 aliphatic heterocycles. The third-order valence-electron chi connectivity index (χ3n) is 4.01. The summed E-state index contributed by atoms with van der Waals surface area (Å²) in [5.41, 5.74) is -3.10. The number of carbonyl (C=O) groups is 3. The fourth-order valence-corrected chi connectivity index (χ4v) is 3.22. The molecular weight excluding hydrogens is 285 g/mol. The number of aliphatic carboxylic acids is 2. The Bertz CT molecular complexity index is 501. The van der Waals surface area contributed by atoms with Gasteiger partial charge < -0.3 is 20.3 Å². The summed E-state index contributed by atoms with van der Waals surface area (Å²) in [6.45, 7) is 4.75. The molecule has 8 heteroatoms. The van der Waals surface area contributed by atoms with Crippen molar-refractivity contribution in [3.63, 3.8) is 0 Å². The monoisotopic (exact) mass is 303 g/mol. The summed E-state index contributed by atoms with van der Waals surface area (Å²) in [5, 5.41) is 20.5. The van der Waals surface area contributed by atoms with E-state index >= 15 is 0 Å². The van der Waals surface area contributed by atoms with Gasteiger partial charge in [-0.25, -0.2) is 14.0 Å². The highest BCUT2D eigenvalue weighted by atomic mass is 19.1. The minimum atomic E-state index is -2.23. The van der Waals surface area contributed by atoms with Crippen LogP contribution in [-0.2, 0) is 14.3 Å². The topological polar surface area (TPSA) is 113 Å². The van der Waals surface area contributed by atoms with E-state index in [4.69, 9.17) is 9.84 Å². The van der Waals surface area contributed by atoms with Gasteiger partial charge in [0.15, 0.2) is 5.54 Å². The maximum absolute atomic E-state index is 14.2. The second kappa shape index (κ2) is 4.57. The Balaban J connectivity index is 2.23. The predicted molar refractivity (Wildman–Crippen MR) is 67.4 cm³/mol. The van der Waals surface area contributed by atoms with Crippen molar-refractivity contribution in [3.8, 4) is 0 Å². The summed E-state index contributed by atoms with van der Waals surface area (Å²) in [5.74, 6) is -5.20. The van der Waals surface area contributed by atoms with E-state index in [9.17, 15) is 23.9 Å². The Labute approximate surface area is 120 Å². The number of halogens is 1. The van der Waals surface area contributed by atoms with Crippen molar-refractivity contribution >= 4 is 18.0 Å². The first kappa shape index (κ1) is 15.5. The fourth-order valence-electron chi connectivity index (χ4n) is 3.22. The van der Waals surface area contributed by atoms with E-state index in [1.165, 1.54) is 0 Å². The zero-order valence-electron chi connectivity index (χ0n) is 11.9. The van der Waals surface area contributed by atoms with Crippen LogP contribution < -0.4 is 5.32 Å². The Kier molecular flexibility index (Phi) is 3.38. The number of hydrogen-bond donors (Lipinski definition) is 3. The van der Waals surface area contributed by atoms with E-state index in [1.807, 2.05) is 0 Å². The van der Waals surface area contributed by atoms with Crippen molar-refractivity contribution in [2.24, 2.45) is 17.8 Å². The molecule has 5 unspecified atom stereocenters. The maximum atomic E-state index is 14.2. The van der Waals surface area contributed by atoms with Crippen LogP contribution in [-0.4, -0.2) is 45.6 Å². The molecule has 5 atom stereocenters. The second-order valence-electron chi connectivity index (χ2n) is 6.56. The van der Waals surface area contributed by atoms with Crippen LogP contribution in [0.1, 0.15) is 27.2 Å². The van der Waals surface area contributed by atoms with Crippen LogP contribution in [0.5, 0.6) is 0 Å². The van der Waals surface area contributed by atoms with Gasteiger partial charge in [0.25, 0.3) is 0 Å². The molecule has 7 nitrogen and oxygen atoms in total. The van der Waals surface area contributed by atoms with Crippen molar-refractivity contribution in [1.29, 1.82) is 0 Å². The molecule has 21 heavy (non-hydrogen) atoms. The first-order valence-electron chi connectivity index (χ1n) is 6.62. The molecule has 3 N–H and O–H groups in total. The predicted octanol–water partition coefficient (Wildman–Crippen LogP) is 1.02. The Morgan fingerprint density at radius 3 is 2.29 bits per heavy atom. The lowest BCUT2D eigenvalue weighted by Gasteiger charge is -2.32. The normalized spacial score (nSPS) is 37.5. The molecule has 2 aliphatic carbocycles. The Morgan fingerprint density at radius 2 is 1.86 bits per heavy atom. The lowest BCUT2D eigenvalue weighted by atomic mass is 9.89. The van der Waals surface area contributed by atoms with Gasteiger partial charge in [0.1, 0.15) is 11.8 Å². The van der Waals surface area contributed by atoms with Crippen LogP contribution in [0.2, 0.25) is 0 Å². The zero-order chi connectivity index (χ0) is 16.2. The van der Waals surface area contributed by atoms with E-state index in [0.717, 1.165) is 0 Å². The van der Waals surface area contributed by atoms with Gasteiger partial charge in [-0.2, -0.15) is 0 Å². The highest BCUT2D eigenvalue weighted by molar-refractivity contribution is 5.90. The zero-order valence-corrected chi connectivity index (χ0v) is 11.9. The quantitative estimate of drug-likeness (QED) is 0.717. The van der Waals surface area contributed by atoms with E-state index < -0.39 is 53.1 Å². The van der Waals surface area contributed by atoms with Gasteiger partial charge in [-0.1, -0.05) is 0 Å². The third kappa shape index (κ3) is 2.43. The van der Waals surface area contributed by atoms with Crippen LogP contribution in [0.4, 0.5) is 9.18 Å². The van der Waals surface area contributed by atoms with Crippen molar-refractivity contribution in [2.45, 2.75) is 44.5 Å². The second-order valence-corrected chi connectivity index (χ2v) is 6.56. The van der Waals surface area contributed by atoms with E-state index in [1.54, 1.807) is 20.8 Å². The number of ether oxygens (including phenoxy) is 1. The first-order chi connectivity index (χ1) is 9.50. The molecule has 2 fully saturated rings. The molecule has 2 rings (SSSR count). The van der Waals surface area contributed by atoms with Gasteiger partial charge in [0, 0.05) is 5.92 Å². The standard InChI is InChI=1S/C13H18FNO6/c1-12(2,3)21-11(20)15-13(10(18)19)6(14)4-5-7(8(5)13)9(16)17/h5-8H,4H2,1-3H3,(H,15,20)(H,16,17)(H,18,19). The number of nitrogens with one attached hydrogen (secondary N) is 1. The van der Waals surface area contributed by atoms with Crippen molar-refractivity contribution < 1.29 is 33.7 Å². The number of alkyl carbamates (subject to hydrolysis) is 1. The van der Waals surface area contributed by atoms with Crippen molar-refractivity contribution in [1.82, 2.24) is 5.32 Å². The van der Waals surface area contributed by atoms with Crippen molar-refractivity contribution in [2.75, 3.05) is 0 Å². The minimum absolute atomic E-state index is 0.191. The minimum Gasteiger partial charge on any atom is -0.481 e. The summed E-state index contributed by atoms with van der Waals surface area (Å²) < 4.78 is 19.1. The molecular formula is C13H18FNO6. The average molecular weight is 303 g/mol. The summed E-state index contributed by atoms with van der Waals surface area (Å²) in [7, 11) is 0. The largest absolute Gasteiger partial charge is 0.481 e. The number of carbonyl (C=O) groups excluding carboxylic acids is 1.